The third-order valence-corrected chi connectivity index (χ3v) is 5.74. The van der Waals surface area contributed by atoms with E-state index in [4.69, 9.17) is 21.3 Å². The standard InChI is InChI=1S/C27H22ClNO3/c1-16-4-11-24-22(12-16)23(14-25(29-24)20-6-5-17(2)18(3)13-20)27(31)32-15-26(30)19-7-9-21(28)10-8-19/h4-14H,15H2,1-3H3. The summed E-state index contributed by atoms with van der Waals surface area (Å²) in [4.78, 5) is 30.2. The highest BCUT2D eigenvalue weighted by molar-refractivity contribution is 6.30. The van der Waals surface area contributed by atoms with E-state index < -0.39 is 5.97 Å². The number of nitrogens with zero attached hydrogens (tertiary/aromatic N) is 1. The summed E-state index contributed by atoms with van der Waals surface area (Å²) in [5, 5.41) is 1.23. The van der Waals surface area contributed by atoms with Gasteiger partial charge in [0.1, 0.15) is 0 Å². The summed E-state index contributed by atoms with van der Waals surface area (Å²) < 4.78 is 5.41. The molecule has 0 amide bonds. The molecule has 1 heterocycles. The predicted octanol–water partition coefficient (Wildman–Crippen LogP) is 6.52. The van der Waals surface area contributed by atoms with Gasteiger partial charge >= 0.3 is 5.97 Å². The number of hydrogen-bond acceptors (Lipinski definition) is 4. The topological polar surface area (TPSA) is 56.3 Å². The van der Waals surface area contributed by atoms with Crippen LogP contribution in [0, 0.1) is 20.8 Å². The van der Waals surface area contributed by atoms with E-state index in [2.05, 4.69) is 13.0 Å². The fourth-order valence-corrected chi connectivity index (χ4v) is 3.61. The number of esters is 1. The molecule has 0 aliphatic heterocycles. The van der Waals surface area contributed by atoms with Crippen LogP contribution in [0.4, 0.5) is 0 Å². The number of aromatic nitrogens is 1. The molecule has 0 radical (unpaired) electrons. The van der Waals surface area contributed by atoms with Crippen LogP contribution in [0.3, 0.4) is 0 Å². The van der Waals surface area contributed by atoms with E-state index in [-0.39, 0.29) is 12.4 Å². The Morgan fingerprint density at radius 1 is 0.875 bits per heavy atom. The Labute approximate surface area is 191 Å². The summed E-state index contributed by atoms with van der Waals surface area (Å²) in [6.45, 7) is 5.70. The average Bonchev–Trinajstić information content (AvgIpc) is 2.78. The van der Waals surface area contributed by atoms with E-state index >= 15 is 0 Å². The molecule has 4 aromatic rings. The monoisotopic (exact) mass is 443 g/mol. The highest BCUT2D eigenvalue weighted by Crippen LogP contribution is 2.27. The van der Waals surface area contributed by atoms with Crippen molar-refractivity contribution in [2.24, 2.45) is 0 Å². The second-order valence-electron chi connectivity index (χ2n) is 7.88. The van der Waals surface area contributed by atoms with Crippen LogP contribution in [0.2, 0.25) is 5.02 Å². The van der Waals surface area contributed by atoms with E-state index in [1.54, 1.807) is 30.3 Å². The van der Waals surface area contributed by atoms with E-state index in [0.717, 1.165) is 16.7 Å². The summed E-state index contributed by atoms with van der Waals surface area (Å²) in [7, 11) is 0. The molecule has 0 spiro atoms. The zero-order valence-electron chi connectivity index (χ0n) is 18.1. The first-order valence-electron chi connectivity index (χ1n) is 10.3. The number of halogens is 1. The molecule has 0 N–H and O–H groups in total. The van der Waals surface area contributed by atoms with E-state index in [1.807, 2.05) is 44.2 Å². The van der Waals surface area contributed by atoms with Crippen LogP contribution in [0.15, 0.2) is 66.7 Å². The fraction of sp³-hybridized carbons (Fsp3) is 0.148. The van der Waals surface area contributed by atoms with Gasteiger partial charge in [0.05, 0.1) is 16.8 Å². The smallest absolute Gasteiger partial charge is 0.339 e. The van der Waals surface area contributed by atoms with Crippen LogP contribution < -0.4 is 0 Å². The third kappa shape index (κ3) is 4.56. The molecule has 0 saturated heterocycles. The number of fused-ring (bicyclic) bond motifs is 1. The van der Waals surface area contributed by atoms with Crippen LogP contribution in [-0.4, -0.2) is 23.3 Å². The number of hydrogen-bond donors (Lipinski definition) is 0. The number of ether oxygens (including phenoxy) is 1. The van der Waals surface area contributed by atoms with Crippen molar-refractivity contribution in [2.45, 2.75) is 20.8 Å². The summed E-state index contributed by atoms with van der Waals surface area (Å²) >= 11 is 5.87. The number of benzene rings is 3. The highest BCUT2D eigenvalue weighted by atomic mass is 35.5. The number of carbonyl (C=O) groups excluding carboxylic acids is 2. The van der Waals surface area contributed by atoms with Gasteiger partial charge in [-0.25, -0.2) is 9.78 Å². The lowest BCUT2D eigenvalue weighted by Gasteiger charge is -2.12. The van der Waals surface area contributed by atoms with Gasteiger partial charge in [0.15, 0.2) is 12.4 Å². The van der Waals surface area contributed by atoms with Crippen LogP contribution >= 0.6 is 11.6 Å². The summed E-state index contributed by atoms with van der Waals surface area (Å²) in [5.41, 5.74) is 6.45. The van der Waals surface area contributed by atoms with Gasteiger partial charge in [0.2, 0.25) is 0 Å². The maximum Gasteiger partial charge on any atom is 0.339 e. The fourth-order valence-electron chi connectivity index (χ4n) is 3.49. The van der Waals surface area contributed by atoms with Crippen molar-refractivity contribution in [2.75, 3.05) is 6.61 Å². The second kappa shape index (κ2) is 8.93. The molecule has 32 heavy (non-hydrogen) atoms. The number of rotatable bonds is 5. The molecule has 0 saturated carbocycles. The number of aryl methyl sites for hydroxylation is 3. The number of carbonyl (C=O) groups is 2. The summed E-state index contributed by atoms with van der Waals surface area (Å²) in [6.07, 6.45) is 0. The zero-order chi connectivity index (χ0) is 22.8. The van der Waals surface area contributed by atoms with Crippen molar-refractivity contribution in [3.63, 3.8) is 0 Å². The van der Waals surface area contributed by atoms with Gasteiger partial charge in [0.25, 0.3) is 0 Å². The third-order valence-electron chi connectivity index (χ3n) is 5.49. The molecule has 0 fully saturated rings. The van der Waals surface area contributed by atoms with Crippen molar-refractivity contribution in [3.05, 3.63) is 99.6 Å². The van der Waals surface area contributed by atoms with Crippen molar-refractivity contribution in [1.82, 2.24) is 4.98 Å². The van der Waals surface area contributed by atoms with Gasteiger partial charge in [-0.3, -0.25) is 4.79 Å². The normalized spacial score (nSPS) is 10.9. The Balaban J connectivity index is 1.68. The molecule has 0 unspecified atom stereocenters. The molecule has 3 aromatic carbocycles. The van der Waals surface area contributed by atoms with Gasteiger partial charge in [0, 0.05) is 21.5 Å². The first-order valence-corrected chi connectivity index (χ1v) is 10.6. The Morgan fingerprint density at radius 2 is 1.62 bits per heavy atom. The molecule has 5 heteroatoms. The van der Waals surface area contributed by atoms with Crippen LogP contribution in [-0.2, 0) is 4.74 Å². The van der Waals surface area contributed by atoms with Crippen LogP contribution in [0.5, 0.6) is 0 Å². The van der Waals surface area contributed by atoms with Gasteiger partial charge in [-0.2, -0.15) is 0 Å². The molecule has 0 aliphatic rings. The molecule has 1 aromatic heterocycles. The van der Waals surface area contributed by atoms with Crippen LogP contribution in [0.25, 0.3) is 22.2 Å². The Morgan fingerprint density at radius 3 is 2.34 bits per heavy atom. The first-order chi connectivity index (χ1) is 15.3. The SMILES string of the molecule is Cc1ccc2nc(-c3ccc(C)c(C)c3)cc(C(=O)OCC(=O)c3ccc(Cl)cc3)c2c1. The van der Waals surface area contributed by atoms with Crippen molar-refractivity contribution in [1.29, 1.82) is 0 Å². The molecular weight excluding hydrogens is 422 g/mol. The lowest BCUT2D eigenvalue weighted by molar-refractivity contribution is 0.0476. The van der Waals surface area contributed by atoms with Gasteiger partial charge < -0.3 is 4.74 Å². The van der Waals surface area contributed by atoms with Crippen molar-refractivity contribution < 1.29 is 14.3 Å². The Hall–Kier alpha value is -3.50. The largest absolute Gasteiger partial charge is 0.454 e. The second-order valence-corrected chi connectivity index (χ2v) is 8.32. The maximum absolute atomic E-state index is 13.0. The van der Waals surface area contributed by atoms with E-state index in [1.165, 1.54) is 5.56 Å². The average molecular weight is 444 g/mol. The van der Waals surface area contributed by atoms with E-state index in [0.29, 0.717) is 32.7 Å². The molecule has 4 rings (SSSR count). The lowest BCUT2D eigenvalue weighted by atomic mass is 10.00. The molecule has 0 aliphatic carbocycles. The maximum atomic E-state index is 13.0. The predicted molar refractivity (Wildman–Crippen MR) is 127 cm³/mol. The molecule has 160 valence electrons. The molecule has 4 nitrogen and oxygen atoms in total. The molecular formula is C27H22ClNO3. The van der Waals surface area contributed by atoms with Crippen LogP contribution in [0.1, 0.15) is 37.4 Å². The first kappa shape index (κ1) is 21.7. The minimum absolute atomic E-state index is 0.293. The Kier molecular flexibility index (Phi) is 6.06. The number of ketones is 1. The van der Waals surface area contributed by atoms with Gasteiger partial charge in [-0.1, -0.05) is 35.4 Å². The lowest BCUT2D eigenvalue weighted by Crippen LogP contribution is -2.15. The molecule has 0 atom stereocenters. The number of Topliss-reactive ketones (excluding diaryl/α,β-unsaturated/α-hetero) is 1. The summed E-state index contributed by atoms with van der Waals surface area (Å²) in [6, 6.07) is 20.1. The highest BCUT2D eigenvalue weighted by Gasteiger charge is 2.18. The quantitative estimate of drug-likeness (QED) is 0.260. The van der Waals surface area contributed by atoms with Crippen molar-refractivity contribution in [3.8, 4) is 11.3 Å². The van der Waals surface area contributed by atoms with Gasteiger partial charge in [-0.05, 0) is 80.4 Å². The van der Waals surface area contributed by atoms with Crippen molar-refractivity contribution >= 4 is 34.3 Å². The van der Waals surface area contributed by atoms with E-state index in [9.17, 15) is 9.59 Å². The molecule has 0 bridgehead atoms. The van der Waals surface area contributed by atoms with Gasteiger partial charge in [-0.15, -0.1) is 0 Å². The minimum atomic E-state index is -0.560. The number of pyridine rings is 1. The minimum Gasteiger partial charge on any atom is -0.454 e. The zero-order valence-corrected chi connectivity index (χ0v) is 18.9. The summed E-state index contributed by atoms with van der Waals surface area (Å²) in [5.74, 6) is -0.852. The Bertz CT molecular complexity index is 1340.